The quantitative estimate of drug-likeness (QED) is 0.120. The minimum Gasteiger partial charge on any atom is -0.394 e. The number of aliphatic hydroxyl groups is 7. The van der Waals surface area contributed by atoms with Gasteiger partial charge in [0.2, 0.25) is 0 Å². The Labute approximate surface area is 220 Å². The van der Waals surface area contributed by atoms with Gasteiger partial charge >= 0.3 is 0 Å². The standard InChI is InChI=1S/C26H50O11/c1-2-3-4-5-6-7-8-9-10-11-12-13-14-34-25-23(33)21(31)24(18(16-28)36-25)37-26-22(32)20(30)19(29)17(15-27)35-26/h17-33H,2-16H2,1H3/t17?,18?,19-,20+,21-,22?,23?,24-,25-,26-/m1/s1. The molecule has 0 aliphatic carbocycles. The van der Waals surface area contributed by atoms with Gasteiger partial charge in [-0.25, -0.2) is 0 Å². The van der Waals surface area contributed by atoms with Crippen LogP contribution in [-0.2, 0) is 18.9 Å². The lowest BCUT2D eigenvalue weighted by Crippen LogP contribution is -2.64. The van der Waals surface area contributed by atoms with Crippen molar-refractivity contribution in [1.29, 1.82) is 0 Å². The molecule has 220 valence electrons. The lowest BCUT2D eigenvalue weighted by atomic mass is 9.97. The molecule has 7 N–H and O–H groups in total. The Bertz CT molecular complexity index is 579. The maximum Gasteiger partial charge on any atom is 0.187 e. The molecule has 2 aliphatic rings. The van der Waals surface area contributed by atoms with Gasteiger partial charge in [-0.1, -0.05) is 77.6 Å². The Morgan fingerprint density at radius 1 is 0.541 bits per heavy atom. The van der Waals surface area contributed by atoms with Crippen molar-refractivity contribution in [2.24, 2.45) is 0 Å². The fourth-order valence-electron chi connectivity index (χ4n) is 4.84. The molecule has 11 nitrogen and oxygen atoms in total. The molecule has 2 fully saturated rings. The molecule has 0 aromatic rings. The minimum absolute atomic E-state index is 0.322. The largest absolute Gasteiger partial charge is 0.394 e. The highest BCUT2D eigenvalue weighted by molar-refractivity contribution is 4.94. The summed E-state index contributed by atoms with van der Waals surface area (Å²) in [5.74, 6) is 0. The van der Waals surface area contributed by atoms with Crippen LogP contribution in [0.2, 0.25) is 0 Å². The van der Waals surface area contributed by atoms with E-state index in [1.54, 1.807) is 0 Å². The maximum atomic E-state index is 10.6. The normalized spacial score (nSPS) is 36.6. The third-order valence-electron chi connectivity index (χ3n) is 7.24. The molecule has 0 aromatic carbocycles. The van der Waals surface area contributed by atoms with Gasteiger partial charge in [0, 0.05) is 6.61 Å². The zero-order chi connectivity index (χ0) is 27.2. The molecule has 10 atom stereocenters. The minimum atomic E-state index is -1.69. The van der Waals surface area contributed by atoms with Crippen molar-refractivity contribution >= 4 is 0 Å². The lowest BCUT2D eigenvalue weighted by Gasteiger charge is -2.45. The fourth-order valence-corrected chi connectivity index (χ4v) is 4.84. The summed E-state index contributed by atoms with van der Waals surface area (Å²) < 4.78 is 22.1. The van der Waals surface area contributed by atoms with Gasteiger partial charge in [-0.05, 0) is 6.42 Å². The molecule has 2 rings (SSSR count). The third kappa shape index (κ3) is 10.2. The zero-order valence-corrected chi connectivity index (χ0v) is 22.1. The summed E-state index contributed by atoms with van der Waals surface area (Å²) in [4.78, 5) is 0. The first-order valence-electron chi connectivity index (χ1n) is 14.1. The summed E-state index contributed by atoms with van der Waals surface area (Å²) in [7, 11) is 0. The van der Waals surface area contributed by atoms with E-state index in [0.717, 1.165) is 19.3 Å². The van der Waals surface area contributed by atoms with Gasteiger partial charge in [-0.15, -0.1) is 0 Å². The van der Waals surface area contributed by atoms with E-state index < -0.39 is 74.6 Å². The first-order chi connectivity index (χ1) is 17.8. The van der Waals surface area contributed by atoms with E-state index in [9.17, 15) is 35.7 Å². The number of rotatable bonds is 18. The lowest BCUT2D eigenvalue weighted by molar-refractivity contribution is -0.359. The molecular weight excluding hydrogens is 488 g/mol. The molecule has 2 saturated heterocycles. The Hall–Kier alpha value is -0.440. The highest BCUT2D eigenvalue weighted by Gasteiger charge is 2.50. The highest BCUT2D eigenvalue weighted by atomic mass is 16.7. The van der Waals surface area contributed by atoms with E-state index in [1.807, 2.05) is 0 Å². The van der Waals surface area contributed by atoms with Crippen LogP contribution in [-0.4, -0.2) is 117 Å². The average molecular weight is 539 g/mol. The average Bonchev–Trinajstić information content (AvgIpc) is 2.90. The number of hydrogen-bond acceptors (Lipinski definition) is 11. The van der Waals surface area contributed by atoms with Crippen molar-refractivity contribution in [3.63, 3.8) is 0 Å². The van der Waals surface area contributed by atoms with E-state index in [0.29, 0.717) is 6.61 Å². The summed E-state index contributed by atoms with van der Waals surface area (Å²) in [6.45, 7) is 1.33. The van der Waals surface area contributed by atoms with Gasteiger partial charge in [0.1, 0.15) is 48.8 Å². The summed E-state index contributed by atoms with van der Waals surface area (Å²) in [5.41, 5.74) is 0. The van der Waals surface area contributed by atoms with Crippen molar-refractivity contribution < 1.29 is 54.7 Å². The van der Waals surface area contributed by atoms with Crippen molar-refractivity contribution in [2.45, 2.75) is 145 Å². The summed E-state index contributed by atoms with van der Waals surface area (Å²) in [6, 6.07) is 0. The van der Waals surface area contributed by atoms with E-state index in [1.165, 1.54) is 57.8 Å². The topological polar surface area (TPSA) is 179 Å². The van der Waals surface area contributed by atoms with Crippen molar-refractivity contribution in [3.8, 4) is 0 Å². The molecular formula is C26H50O11. The molecule has 37 heavy (non-hydrogen) atoms. The van der Waals surface area contributed by atoms with E-state index >= 15 is 0 Å². The van der Waals surface area contributed by atoms with Crippen LogP contribution in [0.5, 0.6) is 0 Å². The Morgan fingerprint density at radius 2 is 1.03 bits per heavy atom. The van der Waals surface area contributed by atoms with Crippen molar-refractivity contribution in [3.05, 3.63) is 0 Å². The van der Waals surface area contributed by atoms with Crippen LogP contribution in [0.15, 0.2) is 0 Å². The second-order valence-electron chi connectivity index (χ2n) is 10.3. The van der Waals surface area contributed by atoms with Gasteiger partial charge in [0.25, 0.3) is 0 Å². The van der Waals surface area contributed by atoms with Crippen LogP contribution in [0, 0.1) is 0 Å². The molecule has 4 unspecified atom stereocenters. The summed E-state index contributed by atoms with van der Waals surface area (Å²) in [5, 5.41) is 70.3. The third-order valence-corrected chi connectivity index (χ3v) is 7.24. The Kier molecular flexibility index (Phi) is 16.0. The van der Waals surface area contributed by atoms with Crippen LogP contribution in [0.1, 0.15) is 84.0 Å². The second kappa shape index (κ2) is 18.0. The predicted octanol–water partition coefficient (Wildman–Crippen LogP) is 0.328. The van der Waals surface area contributed by atoms with Crippen LogP contribution in [0.4, 0.5) is 0 Å². The molecule has 2 heterocycles. The van der Waals surface area contributed by atoms with Gasteiger partial charge in [-0.2, -0.15) is 0 Å². The van der Waals surface area contributed by atoms with Crippen LogP contribution < -0.4 is 0 Å². The Balaban J connectivity index is 1.68. The SMILES string of the molecule is CCCCCCCCCCCCCCO[C@@H]1OC(CO)[C@@H](O[C@H]2OC(CO)[C@@H](O)[C@H](O)C2O)[C@H](O)C1O. The number of ether oxygens (including phenoxy) is 4. The van der Waals surface area contributed by atoms with Gasteiger partial charge < -0.3 is 54.7 Å². The monoisotopic (exact) mass is 538 g/mol. The van der Waals surface area contributed by atoms with Gasteiger partial charge in [0.15, 0.2) is 12.6 Å². The predicted molar refractivity (Wildman–Crippen MR) is 133 cm³/mol. The van der Waals surface area contributed by atoms with Crippen LogP contribution in [0.25, 0.3) is 0 Å². The molecule has 0 radical (unpaired) electrons. The fraction of sp³-hybridized carbons (Fsp3) is 1.00. The molecule has 0 spiro atoms. The maximum absolute atomic E-state index is 10.6. The van der Waals surface area contributed by atoms with Crippen molar-refractivity contribution in [1.82, 2.24) is 0 Å². The molecule has 11 heteroatoms. The molecule has 2 aliphatic heterocycles. The van der Waals surface area contributed by atoms with Crippen LogP contribution in [0.3, 0.4) is 0 Å². The zero-order valence-electron chi connectivity index (χ0n) is 22.1. The summed E-state index contributed by atoms with van der Waals surface area (Å²) >= 11 is 0. The first-order valence-corrected chi connectivity index (χ1v) is 14.1. The van der Waals surface area contributed by atoms with Gasteiger partial charge in [0.05, 0.1) is 13.2 Å². The molecule has 0 amide bonds. The van der Waals surface area contributed by atoms with Crippen LogP contribution >= 0.6 is 0 Å². The molecule has 0 aromatic heterocycles. The van der Waals surface area contributed by atoms with E-state index in [2.05, 4.69) is 6.92 Å². The van der Waals surface area contributed by atoms with Gasteiger partial charge in [-0.3, -0.25) is 0 Å². The second-order valence-corrected chi connectivity index (χ2v) is 10.3. The van der Waals surface area contributed by atoms with E-state index in [4.69, 9.17) is 18.9 Å². The first kappa shape index (κ1) is 32.8. The number of unbranched alkanes of at least 4 members (excludes halogenated alkanes) is 11. The van der Waals surface area contributed by atoms with E-state index in [-0.39, 0.29) is 0 Å². The van der Waals surface area contributed by atoms with Crippen molar-refractivity contribution in [2.75, 3.05) is 19.8 Å². The number of hydrogen-bond donors (Lipinski definition) is 7. The molecule has 0 saturated carbocycles. The smallest absolute Gasteiger partial charge is 0.187 e. The Morgan fingerprint density at radius 3 is 1.57 bits per heavy atom. The molecule has 0 bridgehead atoms. The summed E-state index contributed by atoms with van der Waals surface area (Å²) in [6.07, 6.45) is 0.153. The number of aliphatic hydroxyl groups excluding tert-OH is 7. The highest BCUT2D eigenvalue weighted by Crippen LogP contribution is 2.29.